The Labute approximate surface area is 133 Å². The molecule has 3 fully saturated rings. The molecule has 1 amide bonds. The van der Waals surface area contributed by atoms with Gasteiger partial charge in [0.25, 0.3) is 5.91 Å². The van der Waals surface area contributed by atoms with Crippen LogP contribution < -0.4 is 4.90 Å². The van der Waals surface area contributed by atoms with E-state index in [4.69, 9.17) is 9.57 Å². The summed E-state index contributed by atoms with van der Waals surface area (Å²) >= 11 is 1.61. The highest BCUT2D eigenvalue weighted by Gasteiger charge is 2.46. The van der Waals surface area contributed by atoms with E-state index in [1.54, 1.807) is 11.3 Å². The zero-order valence-electron chi connectivity index (χ0n) is 12.6. The third-order valence-electron chi connectivity index (χ3n) is 4.74. The number of carbonyl (C=O) groups is 1. The Hall–Kier alpha value is -1.25. The molecule has 0 spiro atoms. The number of aryl methyl sites for hydroxylation is 1. The molecule has 3 saturated heterocycles. The van der Waals surface area contributed by atoms with Crippen LogP contribution in [-0.4, -0.2) is 60.6 Å². The first-order valence-electron chi connectivity index (χ1n) is 7.79. The van der Waals surface area contributed by atoms with Gasteiger partial charge in [-0.25, -0.2) is 5.06 Å². The third-order valence-corrected chi connectivity index (χ3v) is 5.64. The fourth-order valence-corrected chi connectivity index (χ4v) is 4.34. The monoisotopic (exact) mass is 324 g/mol. The summed E-state index contributed by atoms with van der Waals surface area (Å²) in [5.41, 5.74) is 0. The fraction of sp³-hybridized carbons (Fsp3) is 0.786. The second kappa shape index (κ2) is 5.75. The van der Waals surface area contributed by atoms with Crippen LogP contribution >= 0.6 is 11.3 Å². The quantitative estimate of drug-likeness (QED) is 0.798. The highest BCUT2D eigenvalue weighted by atomic mass is 32.1. The van der Waals surface area contributed by atoms with Crippen LogP contribution in [0.4, 0.5) is 5.13 Å². The van der Waals surface area contributed by atoms with Crippen molar-refractivity contribution in [1.29, 1.82) is 0 Å². The number of carbonyl (C=O) groups excluding carboxylic acids is 1. The van der Waals surface area contributed by atoms with Crippen molar-refractivity contribution in [3.8, 4) is 0 Å². The summed E-state index contributed by atoms with van der Waals surface area (Å²) < 4.78 is 5.70. The van der Waals surface area contributed by atoms with Crippen molar-refractivity contribution in [2.45, 2.75) is 13.3 Å². The number of hydroxylamine groups is 2. The molecule has 120 valence electrons. The van der Waals surface area contributed by atoms with Crippen LogP contribution in [0.25, 0.3) is 0 Å². The smallest absolute Gasteiger partial charge is 0.251 e. The molecule has 0 radical (unpaired) electrons. The number of hydrogen-bond donors (Lipinski definition) is 0. The Balaban J connectivity index is 1.50. The molecular weight excluding hydrogens is 304 g/mol. The zero-order chi connectivity index (χ0) is 15.1. The molecular formula is C14H20N4O3S. The van der Waals surface area contributed by atoms with Crippen molar-refractivity contribution in [2.24, 2.45) is 17.8 Å². The number of ether oxygens (including phenoxy) is 1. The van der Waals surface area contributed by atoms with Crippen molar-refractivity contribution < 1.29 is 14.4 Å². The van der Waals surface area contributed by atoms with Crippen molar-refractivity contribution in [2.75, 3.05) is 44.4 Å². The Bertz CT molecular complexity index is 560. The van der Waals surface area contributed by atoms with Crippen molar-refractivity contribution in [3.05, 3.63) is 5.01 Å². The lowest BCUT2D eigenvalue weighted by atomic mass is 9.82. The molecule has 4 heterocycles. The van der Waals surface area contributed by atoms with Gasteiger partial charge in [-0.1, -0.05) is 11.3 Å². The second-order valence-electron chi connectivity index (χ2n) is 6.20. The van der Waals surface area contributed by atoms with Gasteiger partial charge >= 0.3 is 0 Å². The lowest BCUT2D eigenvalue weighted by Gasteiger charge is -2.33. The van der Waals surface area contributed by atoms with Crippen molar-refractivity contribution >= 4 is 22.4 Å². The van der Waals surface area contributed by atoms with Crippen LogP contribution in [0, 0.1) is 24.7 Å². The number of nitrogens with zero attached hydrogens (tertiary/aromatic N) is 4. The maximum Gasteiger partial charge on any atom is 0.251 e. The standard InChI is InChI=1S/C14H20N4O3S/c1-9-15-16-14(22-9)17-5-10-7-20-8-12(11(10)6-17)13(19)18-3-2-4-21-18/h10-12H,2-8H2,1H3/t10-,11-,12+/m1/s1. The molecule has 0 bridgehead atoms. The molecule has 0 aromatic carbocycles. The molecule has 0 N–H and O–H groups in total. The SMILES string of the molecule is Cc1nnc(N2C[C@@H]3COC[C@H](C(=O)N4CCCO4)[C@@H]3C2)s1. The largest absolute Gasteiger partial charge is 0.380 e. The summed E-state index contributed by atoms with van der Waals surface area (Å²) in [6, 6.07) is 0. The molecule has 8 heteroatoms. The topological polar surface area (TPSA) is 67.8 Å². The highest BCUT2D eigenvalue weighted by molar-refractivity contribution is 7.15. The van der Waals surface area contributed by atoms with E-state index in [-0.39, 0.29) is 11.8 Å². The van der Waals surface area contributed by atoms with E-state index in [0.29, 0.717) is 31.6 Å². The Morgan fingerprint density at radius 3 is 2.95 bits per heavy atom. The molecule has 1 aromatic rings. The molecule has 1 aromatic heterocycles. The average molecular weight is 324 g/mol. The first kappa shape index (κ1) is 14.3. The fourth-order valence-electron chi connectivity index (χ4n) is 3.63. The first-order valence-corrected chi connectivity index (χ1v) is 8.61. The van der Waals surface area contributed by atoms with Gasteiger partial charge in [-0.15, -0.1) is 10.2 Å². The number of aromatic nitrogens is 2. The molecule has 0 aliphatic carbocycles. The summed E-state index contributed by atoms with van der Waals surface area (Å²) in [4.78, 5) is 20.3. The van der Waals surface area contributed by atoms with Crippen LogP contribution in [0.2, 0.25) is 0 Å². The number of rotatable bonds is 2. The van der Waals surface area contributed by atoms with Crippen LogP contribution in [-0.2, 0) is 14.4 Å². The lowest BCUT2D eigenvalue weighted by Crippen LogP contribution is -2.45. The van der Waals surface area contributed by atoms with Crippen molar-refractivity contribution in [1.82, 2.24) is 15.3 Å². The summed E-state index contributed by atoms with van der Waals surface area (Å²) in [5.74, 6) is 0.683. The minimum Gasteiger partial charge on any atom is -0.380 e. The zero-order valence-corrected chi connectivity index (χ0v) is 13.4. The summed E-state index contributed by atoms with van der Waals surface area (Å²) in [6.45, 7) is 6.28. The van der Waals surface area contributed by atoms with E-state index in [1.165, 1.54) is 5.06 Å². The lowest BCUT2D eigenvalue weighted by molar-refractivity contribution is -0.181. The van der Waals surface area contributed by atoms with Gasteiger partial charge in [-0.05, 0) is 19.3 Å². The van der Waals surface area contributed by atoms with Gasteiger partial charge in [0.1, 0.15) is 5.01 Å². The number of amides is 1. The Morgan fingerprint density at radius 1 is 1.32 bits per heavy atom. The van der Waals surface area contributed by atoms with E-state index in [0.717, 1.165) is 36.3 Å². The van der Waals surface area contributed by atoms with Crippen LogP contribution in [0.5, 0.6) is 0 Å². The molecule has 3 aliphatic heterocycles. The van der Waals surface area contributed by atoms with Gasteiger partial charge in [0, 0.05) is 19.0 Å². The maximum absolute atomic E-state index is 12.7. The minimum absolute atomic E-state index is 0.0856. The van der Waals surface area contributed by atoms with E-state index >= 15 is 0 Å². The van der Waals surface area contributed by atoms with Crippen LogP contribution in [0.1, 0.15) is 11.4 Å². The molecule has 4 rings (SSSR count). The van der Waals surface area contributed by atoms with Gasteiger partial charge in [0.2, 0.25) is 5.13 Å². The normalized spacial score (nSPS) is 31.6. The van der Waals surface area contributed by atoms with E-state index < -0.39 is 0 Å². The number of hydrogen-bond acceptors (Lipinski definition) is 7. The Kier molecular flexibility index (Phi) is 3.75. The van der Waals surface area contributed by atoms with E-state index in [1.807, 2.05) is 6.92 Å². The predicted octanol–water partition coefficient (Wildman–Crippen LogP) is 0.709. The molecule has 0 saturated carbocycles. The average Bonchev–Trinajstić information content (AvgIpc) is 3.25. The van der Waals surface area contributed by atoms with Crippen molar-refractivity contribution in [3.63, 3.8) is 0 Å². The second-order valence-corrected chi connectivity index (χ2v) is 7.36. The van der Waals surface area contributed by atoms with Gasteiger partial charge in [-0.2, -0.15) is 0 Å². The van der Waals surface area contributed by atoms with Gasteiger partial charge in [0.05, 0.1) is 32.3 Å². The maximum atomic E-state index is 12.7. The summed E-state index contributed by atoms with van der Waals surface area (Å²) in [7, 11) is 0. The van der Waals surface area contributed by atoms with E-state index in [9.17, 15) is 4.79 Å². The molecule has 22 heavy (non-hydrogen) atoms. The Morgan fingerprint density at radius 2 is 2.23 bits per heavy atom. The van der Waals surface area contributed by atoms with Crippen LogP contribution in [0.3, 0.4) is 0 Å². The number of anilines is 1. The summed E-state index contributed by atoms with van der Waals surface area (Å²) in [5, 5.41) is 11.8. The highest BCUT2D eigenvalue weighted by Crippen LogP contribution is 2.38. The molecule has 7 nitrogen and oxygen atoms in total. The third kappa shape index (κ3) is 2.49. The minimum atomic E-state index is -0.101. The van der Waals surface area contributed by atoms with E-state index in [2.05, 4.69) is 15.1 Å². The predicted molar refractivity (Wildman–Crippen MR) is 80.4 cm³/mol. The van der Waals surface area contributed by atoms with Crippen LogP contribution in [0.15, 0.2) is 0 Å². The van der Waals surface area contributed by atoms with Gasteiger partial charge < -0.3 is 9.64 Å². The summed E-state index contributed by atoms with van der Waals surface area (Å²) in [6.07, 6.45) is 0.920. The molecule has 3 atom stereocenters. The first-order chi connectivity index (χ1) is 10.7. The van der Waals surface area contributed by atoms with Gasteiger partial charge in [0.15, 0.2) is 0 Å². The number of fused-ring (bicyclic) bond motifs is 1. The molecule has 0 unspecified atom stereocenters. The van der Waals surface area contributed by atoms with Gasteiger partial charge in [-0.3, -0.25) is 9.63 Å². The molecule has 3 aliphatic rings.